The number of nitrogens with zero attached hydrogens (tertiary/aromatic N) is 1. The number of likely N-dealkylation sites (tertiary alicyclic amines) is 1. The lowest BCUT2D eigenvalue weighted by molar-refractivity contribution is -0.143. The highest BCUT2D eigenvalue weighted by molar-refractivity contribution is 6.42. The van der Waals surface area contributed by atoms with Gasteiger partial charge in [0.1, 0.15) is 5.75 Å². The normalized spacial score (nSPS) is 17.0. The lowest BCUT2D eigenvalue weighted by Crippen LogP contribution is -2.39. The van der Waals surface area contributed by atoms with Crippen LogP contribution in [-0.2, 0) is 4.79 Å². The minimum absolute atomic E-state index is 0.0328. The zero-order chi connectivity index (χ0) is 18.7. The Balaban J connectivity index is 1.96. The van der Waals surface area contributed by atoms with Crippen molar-refractivity contribution in [3.63, 3.8) is 0 Å². The van der Waals surface area contributed by atoms with Gasteiger partial charge in [-0.05, 0) is 61.3 Å². The highest BCUT2D eigenvalue weighted by Gasteiger charge is 2.30. The summed E-state index contributed by atoms with van der Waals surface area (Å²) < 4.78 is 5.38. The molecule has 2 aromatic rings. The molecule has 4 nitrogen and oxygen atoms in total. The maximum Gasteiger partial charge on any atom is 0.306 e. The number of rotatable bonds is 5. The number of aliphatic carboxylic acids is 1. The van der Waals surface area contributed by atoms with E-state index in [0.717, 1.165) is 16.9 Å². The second-order valence-corrected chi connectivity index (χ2v) is 7.32. The zero-order valence-electron chi connectivity index (χ0n) is 14.5. The monoisotopic (exact) mass is 393 g/mol. The van der Waals surface area contributed by atoms with E-state index in [0.29, 0.717) is 36.0 Å². The maximum atomic E-state index is 11.3. The third kappa shape index (κ3) is 4.14. The first-order valence-corrected chi connectivity index (χ1v) is 9.31. The van der Waals surface area contributed by atoms with Gasteiger partial charge in [0.05, 0.1) is 29.1 Å². The SMILES string of the molecule is COc1cccc(C(c2ccc(Cl)c(Cl)c2)N2CCC(C(=O)O)CC2)c1. The van der Waals surface area contributed by atoms with E-state index in [1.807, 2.05) is 30.3 Å². The van der Waals surface area contributed by atoms with Crippen LogP contribution in [0.5, 0.6) is 5.75 Å². The Morgan fingerprint density at radius 3 is 2.42 bits per heavy atom. The van der Waals surface area contributed by atoms with Crippen LogP contribution >= 0.6 is 23.2 Å². The molecule has 1 atom stereocenters. The molecule has 0 saturated carbocycles. The van der Waals surface area contributed by atoms with Gasteiger partial charge in [-0.25, -0.2) is 0 Å². The van der Waals surface area contributed by atoms with Gasteiger partial charge in [-0.2, -0.15) is 0 Å². The van der Waals surface area contributed by atoms with Crippen molar-refractivity contribution in [1.29, 1.82) is 0 Å². The van der Waals surface area contributed by atoms with E-state index in [1.54, 1.807) is 13.2 Å². The van der Waals surface area contributed by atoms with E-state index < -0.39 is 5.97 Å². The lowest BCUT2D eigenvalue weighted by atomic mass is 9.91. The quantitative estimate of drug-likeness (QED) is 0.785. The van der Waals surface area contributed by atoms with Crippen molar-refractivity contribution < 1.29 is 14.6 Å². The lowest BCUT2D eigenvalue weighted by Gasteiger charge is -2.37. The van der Waals surface area contributed by atoms with Crippen LogP contribution in [0.3, 0.4) is 0 Å². The average Bonchev–Trinajstić information content (AvgIpc) is 2.65. The van der Waals surface area contributed by atoms with Crippen molar-refractivity contribution in [2.45, 2.75) is 18.9 Å². The highest BCUT2D eigenvalue weighted by Crippen LogP contribution is 2.36. The molecular weight excluding hydrogens is 373 g/mol. The van der Waals surface area contributed by atoms with Gasteiger partial charge in [0.15, 0.2) is 0 Å². The Morgan fingerprint density at radius 2 is 1.81 bits per heavy atom. The Labute approximate surface area is 163 Å². The molecule has 138 valence electrons. The topological polar surface area (TPSA) is 49.8 Å². The molecule has 1 saturated heterocycles. The van der Waals surface area contributed by atoms with Gasteiger partial charge >= 0.3 is 5.97 Å². The molecule has 0 amide bonds. The van der Waals surface area contributed by atoms with Crippen LogP contribution in [0.25, 0.3) is 0 Å². The summed E-state index contributed by atoms with van der Waals surface area (Å²) in [6.45, 7) is 1.41. The van der Waals surface area contributed by atoms with Crippen molar-refractivity contribution in [3.05, 3.63) is 63.6 Å². The fraction of sp³-hybridized carbons (Fsp3) is 0.350. The van der Waals surface area contributed by atoms with E-state index in [-0.39, 0.29) is 12.0 Å². The van der Waals surface area contributed by atoms with Gasteiger partial charge in [0, 0.05) is 0 Å². The second-order valence-electron chi connectivity index (χ2n) is 6.50. The molecule has 26 heavy (non-hydrogen) atoms. The molecule has 0 bridgehead atoms. The molecule has 0 radical (unpaired) electrons. The molecule has 1 unspecified atom stereocenters. The summed E-state index contributed by atoms with van der Waals surface area (Å²) in [7, 11) is 1.64. The highest BCUT2D eigenvalue weighted by atomic mass is 35.5. The number of hydrogen-bond acceptors (Lipinski definition) is 3. The van der Waals surface area contributed by atoms with Crippen molar-refractivity contribution in [2.75, 3.05) is 20.2 Å². The Bertz CT molecular complexity index is 788. The predicted octanol–water partition coefficient (Wildman–Crippen LogP) is 4.89. The molecule has 3 rings (SSSR count). The molecule has 0 aliphatic carbocycles. The van der Waals surface area contributed by atoms with E-state index in [2.05, 4.69) is 11.0 Å². The standard InChI is InChI=1S/C20H21Cl2NO3/c1-26-16-4-2-3-14(11-16)19(15-5-6-17(21)18(22)12-15)23-9-7-13(8-10-23)20(24)25/h2-6,11-13,19H,7-10H2,1H3,(H,24,25). The summed E-state index contributed by atoms with van der Waals surface area (Å²) in [4.78, 5) is 13.6. The summed E-state index contributed by atoms with van der Waals surface area (Å²) in [5, 5.41) is 10.3. The summed E-state index contributed by atoms with van der Waals surface area (Å²) in [5.74, 6) is -0.198. The molecule has 1 aliphatic heterocycles. The van der Waals surface area contributed by atoms with E-state index >= 15 is 0 Å². The van der Waals surface area contributed by atoms with Crippen molar-refractivity contribution in [3.8, 4) is 5.75 Å². The van der Waals surface area contributed by atoms with Gasteiger partial charge < -0.3 is 9.84 Å². The first kappa shape index (κ1) is 19.0. The van der Waals surface area contributed by atoms with Crippen LogP contribution in [0.4, 0.5) is 0 Å². The number of benzene rings is 2. The number of carboxylic acids is 1. The minimum Gasteiger partial charge on any atom is -0.497 e. The van der Waals surface area contributed by atoms with Gasteiger partial charge in [0.2, 0.25) is 0 Å². The fourth-order valence-corrected chi connectivity index (χ4v) is 3.82. The number of methoxy groups -OCH3 is 1. The molecule has 2 aromatic carbocycles. The molecule has 0 aromatic heterocycles. The van der Waals surface area contributed by atoms with E-state index in [4.69, 9.17) is 27.9 Å². The Hall–Kier alpha value is -1.75. The van der Waals surface area contributed by atoms with Crippen LogP contribution in [0.15, 0.2) is 42.5 Å². The van der Waals surface area contributed by atoms with E-state index in [1.165, 1.54) is 0 Å². The number of halogens is 2. The third-order valence-electron chi connectivity index (χ3n) is 4.91. The summed E-state index contributed by atoms with van der Waals surface area (Å²) >= 11 is 12.3. The molecule has 1 aliphatic rings. The first-order chi connectivity index (χ1) is 12.5. The van der Waals surface area contributed by atoms with Crippen LogP contribution < -0.4 is 4.74 Å². The average molecular weight is 394 g/mol. The molecule has 0 spiro atoms. The smallest absolute Gasteiger partial charge is 0.306 e. The molecule has 6 heteroatoms. The number of carbonyl (C=O) groups is 1. The number of hydrogen-bond donors (Lipinski definition) is 1. The predicted molar refractivity (Wildman–Crippen MR) is 103 cm³/mol. The molecule has 1 heterocycles. The van der Waals surface area contributed by atoms with Gasteiger partial charge in [0.25, 0.3) is 0 Å². The summed E-state index contributed by atoms with van der Waals surface area (Å²) in [5.41, 5.74) is 2.11. The van der Waals surface area contributed by atoms with Crippen molar-refractivity contribution in [1.82, 2.24) is 4.90 Å². The number of carboxylic acid groups (broad SMARTS) is 1. The summed E-state index contributed by atoms with van der Waals surface area (Å²) in [6, 6.07) is 13.6. The number of ether oxygens (including phenoxy) is 1. The van der Waals surface area contributed by atoms with Crippen LogP contribution in [0.1, 0.15) is 30.0 Å². The molecule has 1 N–H and O–H groups in total. The Kier molecular flexibility index (Phi) is 6.07. The van der Waals surface area contributed by atoms with Crippen LogP contribution in [-0.4, -0.2) is 36.2 Å². The van der Waals surface area contributed by atoms with E-state index in [9.17, 15) is 9.90 Å². The fourth-order valence-electron chi connectivity index (χ4n) is 3.51. The van der Waals surface area contributed by atoms with Crippen LogP contribution in [0.2, 0.25) is 10.0 Å². The number of piperidine rings is 1. The summed E-state index contributed by atoms with van der Waals surface area (Å²) in [6.07, 6.45) is 1.27. The third-order valence-corrected chi connectivity index (χ3v) is 5.65. The van der Waals surface area contributed by atoms with Gasteiger partial charge in [-0.15, -0.1) is 0 Å². The van der Waals surface area contributed by atoms with Crippen molar-refractivity contribution >= 4 is 29.2 Å². The second kappa shape index (κ2) is 8.30. The minimum atomic E-state index is -0.711. The zero-order valence-corrected chi connectivity index (χ0v) is 16.0. The van der Waals surface area contributed by atoms with Crippen LogP contribution in [0, 0.1) is 5.92 Å². The molecule has 1 fully saturated rings. The van der Waals surface area contributed by atoms with Gasteiger partial charge in [-0.3, -0.25) is 9.69 Å². The maximum absolute atomic E-state index is 11.3. The van der Waals surface area contributed by atoms with Gasteiger partial charge in [-0.1, -0.05) is 41.4 Å². The largest absolute Gasteiger partial charge is 0.497 e. The Morgan fingerprint density at radius 1 is 1.12 bits per heavy atom. The van der Waals surface area contributed by atoms with Crippen molar-refractivity contribution in [2.24, 2.45) is 5.92 Å². The molecular formula is C20H21Cl2NO3. The first-order valence-electron chi connectivity index (χ1n) is 8.55.